The molecule has 22 heavy (non-hydrogen) atoms. The lowest BCUT2D eigenvalue weighted by molar-refractivity contribution is 0.577. The summed E-state index contributed by atoms with van der Waals surface area (Å²) >= 11 is 5.96. The molecule has 2 aromatic carbocycles. The molecule has 0 amide bonds. The van der Waals surface area contributed by atoms with Gasteiger partial charge >= 0.3 is 0 Å². The molecule has 0 spiro atoms. The number of nitrogens with zero attached hydrogens (tertiary/aromatic N) is 1. The highest BCUT2D eigenvalue weighted by Crippen LogP contribution is 2.36. The first-order valence-corrected chi connectivity index (χ1v) is 8.92. The Kier molecular flexibility index (Phi) is 3.87. The summed E-state index contributed by atoms with van der Waals surface area (Å²) in [5.41, 5.74) is 1.67. The molecule has 1 atom stereocenters. The third-order valence-corrected chi connectivity index (χ3v) is 6.00. The van der Waals surface area contributed by atoms with Crippen LogP contribution in [0.25, 0.3) is 0 Å². The Bertz CT molecular complexity index is 802. The van der Waals surface area contributed by atoms with Crippen LogP contribution in [0.1, 0.15) is 18.1 Å². The van der Waals surface area contributed by atoms with Gasteiger partial charge in [0, 0.05) is 16.6 Å². The van der Waals surface area contributed by atoms with E-state index in [9.17, 15) is 12.8 Å². The fraction of sp³-hybridized carbons (Fsp3) is 0.250. The minimum Gasteiger partial charge on any atom is -0.267 e. The molecule has 0 fully saturated rings. The van der Waals surface area contributed by atoms with Crippen molar-refractivity contribution in [1.82, 2.24) is 0 Å². The van der Waals surface area contributed by atoms with Crippen LogP contribution >= 0.6 is 11.6 Å². The van der Waals surface area contributed by atoms with Crippen LogP contribution in [-0.4, -0.2) is 14.5 Å². The Hall–Kier alpha value is -1.59. The summed E-state index contributed by atoms with van der Waals surface area (Å²) in [6.07, 6.45) is 0.653. The van der Waals surface area contributed by atoms with Gasteiger partial charge in [-0.1, -0.05) is 35.9 Å². The fourth-order valence-corrected chi connectivity index (χ4v) is 5.09. The van der Waals surface area contributed by atoms with E-state index >= 15 is 0 Å². The summed E-state index contributed by atoms with van der Waals surface area (Å²) in [5.74, 6) is -1.05. The molecule has 0 bridgehead atoms. The van der Waals surface area contributed by atoms with E-state index in [0.717, 1.165) is 5.56 Å². The first kappa shape index (κ1) is 15.3. The number of halogens is 2. The van der Waals surface area contributed by atoms with E-state index in [0.29, 0.717) is 12.1 Å². The van der Waals surface area contributed by atoms with Crippen LogP contribution in [0.5, 0.6) is 0 Å². The Morgan fingerprint density at radius 3 is 2.68 bits per heavy atom. The topological polar surface area (TPSA) is 37.4 Å². The zero-order valence-electron chi connectivity index (χ0n) is 12.0. The third kappa shape index (κ3) is 2.59. The maximum atomic E-state index is 13.9. The first-order chi connectivity index (χ1) is 10.4. The summed E-state index contributed by atoms with van der Waals surface area (Å²) < 4.78 is 40.8. The first-order valence-electron chi connectivity index (χ1n) is 6.93. The maximum absolute atomic E-state index is 13.9. The third-order valence-electron chi connectivity index (χ3n) is 3.83. The van der Waals surface area contributed by atoms with Crippen LogP contribution < -0.4 is 4.31 Å². The number of para-hydroxylation sites is 1. The van der Waals surface area contributed by atoms with Crippen LogP contribution in [-0.2, 0) is 22.2 Å². The maximum Gasteiger partial charge on any atom is 0.239 e. The van der Waals surface area contributed by atoms with Crippen molar-refractivity contribution < 1.29 is 12.8 Å². The van der Waals surface area contributed by atoms with Crippen molar-refractivity contribution in [3.63, 3.8) is 0 Å². The van der Waals surface area contributed by atoms with E-state index < -0.39 is 21.6 Å². The predicted molar refractivity (Wildman–Crippen MR) is 86.1 cm³/mol. The molecule has 1 heterocycles. The van der Waals surface area contributed by atoms with Gasteiger partial charge in [0.05, 0.1) is 11.4 Å². The average molecular weight is 340 g/mol. The Morgan fingerprint density at radius 2 is 1.95 bits per heavy atom. The highest BCUT2D eigenvalue weighted by molar-refractivity contribution is 7.92. The van der Waals surface area contributed by atoms with Crippen molar-refractivity contribution in [2.75, 3.05) is 4.31 Å². The number of hydrogen-bond acceptors (Lipinski definition) is 2. The smallest absolute Gasteiger partial charge is 0.239 e. The minimum atomic E-state index is -3.71. The molecule has 6 heteroatoms. The van der Waals surface area contributed by atoms with E-state index in [1.807, 2.05) is 19.1 Å². The van der Waals surface area contributed by atoms with Gasteiger partial charge < -0.3 is 0 Å². The number of hydrogen-bond donors (Lipinski definition) is 0. The number of anilines is 1. The Labute approximate surface area is 134 Å². The normalized spacial score (nSPS) is 17.6. The van der Waals surface area contributed by atoms with E-state index in [2.05, 4.69) is 0 Å². The predicted octanol–water partition coefficient (Wildman–Crippen LogP) is 3.76. The summed E-state index contributed by atoms with van der Waals surface area (Å²) in [6.45, 7) is 1.85. The largest absolute Gasteiger partial charge is 0.267 e. The number of rotatable bonds is 3. The second kappa shape index (κ2) is 5.56. The van der Waals surface area contributed by atoms with Crippen LogP contribution in [0.2, 0.25) is 5.02 Å². The van der Waals surface area contributed by atoms with Crippen molar-refractivity contribution in [3.05, 3.63) is 64.4 Å². The highest BCUT2D eigenvalue weighted by Gasteiger charge is 2.35. The lowest BCUT2D eigenvalue weighted by Gasteiger charge is -2.24. The van der Waals surface area contributed by atoms with E-state index in [1.54, 1.807) is 12.1 Å². The fourth-order valence-electron chi connectivity index (χ4n) is 2.88. The van der Waals surface area contributed by atoms with Crippen LogP contribution in [0.4, 0.5) is 10.1 Å². The minimum absolute atomic E-state index is 0.0146. The molecule has 0 aromatic heterocycles. The molecule has 0 unspecified atom stereocenters. The standard InChI is InChI=1S/C16H15ClFNO2S/c1-11-9-12-5-2-3-8-16(12)19(11)22(20,21)10-13-14(17)6-4-7-15(13)18/h2-8,11H,9-10H2,1H3/t11-/m0/s1. The average Bonchev–Trinajstić information content (AvgIpc) is 2.79. The molecule has 1 aliphatic rings. The van der Waals surface area contributed by atoms with E-state index in [4.69, 9.17) is 11.6 Å². The zero-order valence-corrected chi connectivity index (χ0v) is 13.5. The van der Waals surface area contributed by atoms with Gasteiger partial charge in [-0.3, -0.25) is 4.31 Å². The van der Waals surface area contributed by atoms with Gasteiger partial charge in [-0.15, -0.1) is 0 Å². The second-order valence-electron chi connectivity index (χ2n) is 5.43. The monoisotopic (exact) mass is 339 g/mol. The van der Waals surface area contributed by atoms with Crippen molar-refractivity contribution in [3.8, 4) is 0 Å². The molecule has 3 rings (SSSR count). The van der Waals surface area contributed by atoms with Gasteiger partial charge in [0.2, 0.25) is 10.0 Å². The van der Waals surface area contributed by atoms with Crippen LogP contribution in [0.15, 0.2) is 42.5 Å². The summed E-state index contributed by atoms with van der Waals surface area (Å²) in [5, 5.41) is 0.128. The van der Waals surface area contributed by atoms with Crippen molar-refractivity contribution in [1.29, 1.82) is 0 Å². The molecular formula is C16H15ClFNO2S. The van der Waals surface area contributed by atoms with Crippen LogP contribution in [0, 0.1) is 5.82 Å². The lowest BCUT2D eigenvalue weighted by Crippen LogP contribution is -2.36. The van der Waals surface area contributed by atoms with Crippen molar-refractivity contribution >= 4 is 27.3 Å². The Balaban J connectivity index is 2.01. The summed E-state index contributed by atoms with van der Waals surface area (Å²) in [4.78, 5) is 0. The summed E-state index contributed by atoms with van der Waals surface area (Å²) in [6, 6.07) is 11.4. The van der Waals surface area contributed by atoms with Gasteiger partial charge in [0.1, 0.15) is 5.82 Å². The number of benzene rings is 2. The molecule has 1 aliphatic heterocycles. The van der Waals surface area contributed by atoms with E-state index in [-0.39, 0.29) is 16.6 Å². The summed E-state index contributed by atoms with van der Waals surface area (Å²) in [7, 11) is -3.71. The van der Waals surface area contributed by atoms with Gasteiger partial charge in [-0.2, -0.15) is 0 Å². The molecule has 0 N–H and O–H groups in total. The van der Waals surface area contributed by atoms with Crippen molar-refractivity contribution in [2.24, 2.45) is 0 Å². The molecule has 116 valence electrons. The molecule has 0 saturated heterocycles. The molecule has 0 saturated carbocycles. The van der Waals surface area contributed by atoms with E-state index in [1.165, 1.54) is 22.5 Å². The van der Waals surface area contributed by atoms with Gasteiger partial charge in [-0.05, 0) is 37.1 Å². The molecular weight excluding hydrogens is 325 g/mol. The molecule has 3 nitrogen and oxygen atoms in total. The van der Waals surface area contributed by atoms with Gasteiger partial charge in [0.25, 0.3) is 0 Å². The lowest BCUT2D eigenvalue weighted by atomic mass is 10.1. The molecule has 0 aliphatic carbocycles. The number of fused-ring (bicyclic) bond motifs is 1. The van der Waals surface area contributed by atoms with Gasteiger partial charge in [-0.25, -0.2) is 12.8 Å². The van der Waals surface area contributed by atoms with Crippen LogP contribution in [0.3, 0.4) is 0 Å². The SMILES string of the molecule is C[C@H]1Cc2ccccc2N1S(=O)(=O)Cc1c(F)cccc1Cl. The molecule has 0 radical (unpaired) electrons. The van der Waals surface area contributed by atoms with Crippen molar-refractivity contribution in [2.45, 2.75) is 25.1 Å². The van der Waals surface area contributed by atoms with Gasteiger partial charge in [0.15, 0.2) is 0 Å². The quantitative estimate of drug-likeness (QED) is 0.853. The number of sulfonamides is 1. The highest BCUT2D eigenvalue weighted by atomic mass is 35.5. The molecule has 2 aromatic rings. The zero-order chi connectivity index (χ0) is 15.9. The second-order valence-corrected chi connectivity index (χ2v) is 7.69. The Morgan fingerprint density at radius 1 is 1.23 bits per heavy atom.